The number of nitrogens with one attached hydrogen (secondary N) is 2. The molecule has 136 valence electrons. The number of hydrogen-bond acceptors (Lipinski definition) is 5. The number of carbonyl (C=O) groups excluding carboxylic acids is 2. The number of ether oxygens (including phenoxy) is 1. The van der Waals surface area contributed by atoms with E-state index in [9.17, 15) is 18.0 Å². The van der Waals surface area contributed by atoms with Crippen LogP contribution in [-0.2, 0) is 14.8 Å². The Bertz CT molecular complexity index is 921. The van der Waals surface area contributed by atoms with E-state index in [1.54, 1.807) is 12.1 Å². The zero-order valence-electron chi connectivity index (χ0n) is 14.1. The normalized spacial score (nSPS) is 10.7. The lowest BCUT2D eigenvalue weighted by Gasteiger charge is -2.12. The Morgan fingerprint density at radius 2 is 1.77 bits per heavy atom. The molecule has 0 saturated carbocycles. The van der Waals surface area contributed by atoms with Crippen LogP contribution < -0.4 is 10.0 Å². The summed E-state index contributed by atoms with van der Waals surface area (Å²) in [7, 11) is -2.70. The molecule has 2 aromatic carbocycles. The van der Waals surface area contributed by atoms with E-state index in [0.717, 1.165) is 0 Å². The summed E-state index contributed by atoms with van der Waals surface area (Å²) in [6.07, 6.45) is 1.52. The zero-order chi connectivity index (χ0) is 19.2. The zero-order valence-corrected chi connectivity index (χ0v) is 14.9. The number of methoxy groups -OCH3 is 1. The van der Waals surface area contributed by atoms with Crippen LogP contribution >= 0.6 is 0 Å². The number of carbonyl (C=O) groups is 2. The van der Waals surface area contributed by atoms with E-state index in [0.29, 0.717) is 0 Å². The molecule has 7 nitrogen and oxygen atoms in total. The molecular weight excluding hydrogens is 356 g/mol. The minimum Gasteiger partial charge on any atom is -0.465 e. The third-order valence-corrected chi connectivity index (χ3v) is 4.79. The van der Waals surface area contributed by atoms with Gasteiger partial charge in [-0.15, -0.1) is 6.58 Å². The van der Waals surface area contributed by atoms with Crippen LogP contribution in [0.2, 0.25) is 0 Å². The van der Waals surface area contributed by atoms with Gasteiger partial charge < -0.3 is 10.1 Å². The molecule has 2 aromatic rings. The van der Waals surface area contributed by atoms with Gasteiger partial charge in [0.15, 0.2) is 0 Å². The maximum Gasteiger partial charge on any atom is 0.337 e. The van der Waals surface area contributed by atoms with Crippen LogP contribution in [0.15, 0.2) is 66.1 Å². The molecule has 1 amide bonds. The van der Waals surface area contributed by atoms with Crippen LogP contribution in [0.4, 0.5) is 5.69 Å². The van der Waals surface area contributed by atoms with Gasteiger partial charge in [0, 0.05) is 6.54 Å². The number of anilines is 1. The van der Waals surface area contributed by atoms with Crippen LogP contribution in [0, 0.1) is 0 Å². The first-order valence-corrected chi connectivity index (χ1v) is 9.06. The summed E-state index contributed by atoms with van der Waals surface area (Å²) >= 11 is 0. The fourth-order valence-electron chi connectivity index (χ4n) is 2.12. The predicted octanol–water partition coefficient (Wildman–Crippen LogP) is 2.19. The molecular formula is C18H18N2O5S. The summed E-state index contributed by atoms with van der Waals surface area (Å²) < 4.78 is 32.1. The van der Waals surface area contributed by atoms with Crippen molar-refractivity contribution in [3.63, 3.8) is 0 Å². The first kappa shape index (κ1) is 19.2. The van der Waals surface area contributed by atoms with Gasteiger partial charge in [-0.25, -0.2) is 13.2 Å². The van der Waals surface area contributed by atoms with Gasteiger partial charge in [0.05, 0.1) is 28.8 Å². The number of rotatable bonds is 7. The van der Waals surface area contributed by atoms with Crippen molar-refractivity contribution in [2.45, 2.75) is 4.90 Å². The highest BCUT2D eigenvalue weighted by molar-refractivity contribution is 7.92. The Morgan fingerprint density at radius 1 is 1.12 bits per heavy atom. The van der Waals surface area contributed by atoms with Crippen LogP contribution in [0.5, 0.6) is 0 Å². The lowest BCUT2D eigenvalue weighted by atomic mass is 10.1. The van der Waals surface area contributed by atoms with Crippen LogP contribution in [-0.4, -0.2) is 33.9 Å². The molecule has 0 spiro atoms. The van der Waals surface area contributed by atoms with Crippen molar-refractivity contribution in [3.8, 4) is 0 Å². The van der Waals surface area contributed by atoms with Crippen molar-refractivity contribution in [3.05, 3.63) is 72.3 Å². The van der Waals surface area contributed by atoms with Gasteiger partial charge in [0.1, 0.15) is 0 Å². The summed E-state index contributed by atoms with van der Waals surface area (Å²) in [6.45, 7) is 3.77. The highest BCUT2D eigenvalue weighted by Crippen LogP contribution is 2.20. The number of amides is 1. The van der Waals surface area contributed by atoms with Crippen molar-refractivity contribution in [1.29, 1.82) is 0 Å². The monoisotopic (exact) mass is 374 g/mol. The van der Waals surface area contributed by atoms with Crippen molar-refractivity contribution in [2.24, 2.45) is 0 Å². The van der Waals surface area contributed by atoms with E-state index in [2.05, 4.69) is 21.4 Å². The number of para-hydroxylation sites is 1. The highest BCUT2D eigenvalue weighted by Gasteiger charge is 2.19. The Kier molecular flexibility index (Phi) is 6.13. The van der Waals surface area contributed by atoms with E-state index < -0.39 is 21.9 Å². The van der Waals surface area contributed by atoms with Crippen molar-refractivity contribution >= 4 is 27.6 Å². The number of hydrogen-bond donors (Lipinski definition) is 2. The van der Waals surface area contributed by atoms with Gasteiger partial charge >= 0.3 is 5.97 Å². The molecule has 0 aromatic heterocycles. The molecule has 0 fully saturated rings. The van der Waals surface area contributed by atoms with Crippen LogP contribution in [0.25, 0.3) is 0 Å². The molecule has 0 aliphatic heterocycles. The van der Waals surface area contributed by atoms with Gasteiger partial charge in [-0.05, 0) is 36.4 Å². The second kappa shape index (κ2) is 8.30. The summed E-state index contributed by atoms with van der Waals surface area (Å²) in [5.41, 5.74) is 0.561. The molecule has 0 bridgehead atoms. The third kappa shape index (κ3) is 4.48. The van der Waals surface area contributed by atoms with Crippen LogP contribution in [0.1, 0.15) is 20.7 Å². The summed E-state index contributed by atoms with van der Waals surface area (Å²) in [5.74, 6) is -0.990. The molecule has 0 aliphatic rings. The second-order valence-electron chi connectivity index (χ2n) is 5.17. The molecule has 0 unspecified atom stereocenters. The fraction of sp³-hybridized carbons (Fsp3) is 0.111. The molecule has 8 heteroatoms. The summed E-state index contributed by atoms with van der Waals surface area (Å²) in [6, 6.07) is 11.5. The average molecular weight is 374 g/mol. The largest absolute Gasteiger partial charge is 0.465 e. The Balaban J connectivity index is 2.28. The molecule has 26 heavy (non-hydrogen) atoms. The van der Waals surface area contributed by atoms with E-state index in [1.807, 2.05) is 0 Å². The minimum absolute atomic E-state index is 0.0496. The molecule has 0 heterocycles. The molecule has 0 aliphatic carbocycles. The van der Waals surface area contributed by atoms with Gasteiger partial charge in [-0.2, -0.15) is 0 Å². The lowest BCUT2D eigenvalue weighted by Crippen LogP contribution is -2.25. The number of benzene rings is 2. The molecule has 2 rings (SSSR count). The highest BCUT2D eigenvalue weighted by atomic mass is 32.2. The standard InChI is InChI=1S/C18H18N2O5S/c1-3-12-19-17(21)15-6-4-5-7-16(15)20-26(23,24)14-10-8-13(9-11-14)18(22)25-2/h3-11,20H,1,12H2,2H3,(H,19,21). The van der Waals surface area contributed by atoms with Gasteiger partial charge in [0.2, 0.25) is 0 Å². The quantitative estimate of drug-likeness (QED) is 0.571. The van der Waals surface area contributed by atoms with Crippen molar-refractivity contribution in [1.82, 2.24) is 5.32 Å². The summed E-state index contributed by atoms with van der Waals surface area (Å²) in [4.78, 5) is 23.5. The summed E-state index contributed by atoms with van der Waals surface area (Å²) in [5, 5.41) is 2.60. The average Bonchev–Trinajstić information content (AvgIpc) is 2.65. The van der Waals surface area contributed by atoms with E-state index in [1.165, 1.54) is 49.6 Å². The van der Waals surface area contributed by atoms with E-state index >= 15 is 0 Å². The van der Waals surface area contributed by atoms with Crippen LogP contribution in [0.3, 0.4) is 0 Å². The lowest BCUT2D eigenvalue weighted by molar-refractivity contribution is 0.0600. The van der Waals surface area contributed by atoms with Crippen molar-refractivity contribution < 1.29 is 22.7 Å². The first-order chi connectivity index (χ1) is 12.4. The van der Waals surface area contributed by atoms with Gasteiger partial charge in [-0.1, -0.05) is 18.2 Å². The van der Waals surface area contributed by atoms with Gasteiger partial charge in [-0.3, -0.25) is 9.52 Å². The predicted molar refractivity (Wildman–Crippen MR) is 97.6 cm³/mol. The second-order valence-corrected chi connectivity index (χ2v) is 6.85. The topological polar surface area (TPSA) is 102 Å². The molecule has 0 radical (unpaired) electrons. The van der Waals surface area contributed by atoms with Gasteiger partial charge in [0.25, 0.3) is 15.9 Å². The Hall–Kier alpha value is -3.13. The number of esters is 1. The Labute approximate surface area is 151 Å². The fourth-order valence-corrected chi connectivity index (χ4v) is 3.20. The van der Waals surface area contributed by atoms with E-state index in [4.69, 9.17) is 0 Å². The maximum absolute atomic E-state index is 12.6. The SMILES string of the molecule is C=CCNC(=O)c1ccccc1NS(=O)(=O)c1ccc(C(=O)OC)cc1. The molecule has 0 atom stereocenters. The maximum atomic E-state index is 12.6. The molecule has 0 saturated heterocycles. The third-order valence-electron chi connectivity index (χ3n) is 3.41. The smallest absolute Gasteiger partial charge is 0.337 e. The Morgan fingerprint density at radius 3 is 2.38 bits per heavy atom. The number of sulfonamides is 1. The minimum atomic E-state index is -3.94. The molecule has 2 N–H and O–H groups in total. The van der Waals surface area contributed by atoms with Crippen molar-refractivity contribution in [2.75, 3.05) is 18.4 Å². The first-order valence-electron chi connectivity index (χ1n) is 7.58. The van der Waals surface area contributed by atoms with E-state index in [-0.39, 0.29) is 28.3 Å².